The summed E-state index contributed by atoms with van der Waals surface area (Å²) >= 11 is 0. The highest BCUT2D eigenvalue weighted by Gasteiger charge is 2.02. The number of hydrogen-bond donors (Lipinski definition) is 0. The van der Waals surface area contributed by atoms with Gasteiger partial charge in [-0.2, -0.15) is 0 Å². The van der Waals surface area contributed by atoms with Gasteiger partial charge >= 0.3 is 0 Å². The molecular formula is C12H10FNO. The van der Waals surface area contributed by atoms with Gasteiger partial charge in [-0.1, -0.05) is 18.7 Å². The van der Waals surface area contributed by atoms with E-state index in [1.165, 1.54) is 6.26 Å². The molecule has 0 saturated heterocycles. The second-order valence-corrected chi connectivity index (χ2v) is 3.23. The fourth-order valence-corrected chi connectivity index (χ4v) is 1.35. The van der Waals surface area contributed by atoms with Crippen LogP contribution in [0.4, 0.5) is 4.39 Å². The van der Waals surface area contributed by atoms with Gasteiger partial charge in [-0.25, -0.2) is 9.37 Å². The number of nitrogens with zero attached hydrogens (tertiary/aromatic N) is 1. The Balaban J connectivity index is 2.21. The first-order chi connectivity index (χ1) is 7.25. The fraction of sp³-hybridized carbons (Fsp3) is 0.0833. The average Bonchev–Trinajstić information content (AvgIpc) is 2.71. The van der Waals surface area contributed by atoms with Crippen LogP contribution in [0.1, 0.15) is 5.56 Å². The van der Waals surface area contributed by atoms with Crippen molar-refractivity contribution in [2.45, 2.75) is 6.42 Å². The molecule has 0 N–H and O–H groups in total. The lowest BCUT2D eigenvalue weighted by atomic mass is 10.1. The Hall–Kier alpha value is -1.90. The molecule has 15 heavy (non-hydrogen) atoms. The van der Waals surface area contributed by atoms with Crippen LogP contribution in [0.5, 0.6) is 0 Å². The molecule has 1 heterocycles. The van der Waals surface area contributed by atoms with E-state index in [0.717, 1.165) is 11.1 Å². The summed E-state index contributed by atoms with van der Waals surface area (Å²) in [5, 5.41) is 0. The quantitative estimate of drug-likeness (QED) is 0.764. The highest BCUT2D eigenvalue weighted by atomic mass is 19.1. The van der Waals surface area contributed by atoms with Crippen LogP contribution in [0.2, 0.25) is 0 Å². The van der Waals surface area contributed by atoms with E-state index >= 15 is 0 Å². The molecular weight excluding hydrogens is 193 g/mol. The summed E-state index contributed by atoms with van der Waals surface area (Å²) in [5.74, 6) is 0.236. The Morgan fingerprint density at radius 3 is 2.60 bits per heavy atom. The molecule has 0 unspecified atom stereocenters. The van der Waals surface area contributed by atoms with E-state index < -0.39 is 0 Å². The molecule has 2 nitrogen and oxygen atoms in total. The van der Waals surface area contributed by atoms with Crippen LogP contribution in [-0.2, 0) is 6.42 Å². The van der Waals surface area contributed by atoms with Gasteiger partial charge in [-0.3, -0.25) is 0 Å². The molecule has 0 aliphatic rings. The summed E-state index contributed by atoms with van der Waals surface area (Å²) in [6, 6.07) is 7.38. The predicted octanol–water partition coefficient (Wildman–Crippen LogP) is 3.37. The molecule has 0 saturated carbocycles. The zero-order valence-electron chi connectivity index (χ0n) is 8.11. The van der Waals surface area contributed by atoms with E-state index in [-0.39, 0.29) is 12.2 Å². The maximum atomic E-state index is 12.5. The van der Waals surface area contributed by atoms with Crippen molar-refractivity contribution >= 4 is 0 Å². The second kappa shape index (κ2) is 4.09. The van der Waals surface area contributed by atoms with E-state index in [1.807, 2.05) is 24.3 Å². The van der Waals surface area contributed by atoms with E-state index in [4.69, 9.17) is 4.42 Å². The monoisotopic (exact) mass is 203 g/mol. The van der Waals surface area contributed by atoms with Crippen LogP contribution >= 0.6 is 0 Å². The zero-order chi connectivity index (χ0) is 10.7. The van der Waals surface area contributed by atoms with E-state index in [9.17, 15) is 4.39 Å². The van der Waals surface area contributed by atoms with Gasteiger partial charge < -0.3 is 4.42 Å². The normalized spacial score (nSPS) is 10.2. The van der Waals surface area contributed by atoms with Gasteiger partial charge in [0, 0.05) is 12.0 Å². The lowest BCUT2D eigenvalue weighted by Crippen LogP contribution is -1.84. The highest BCUT2D eigenvalue weighted by Crippen LogP contribution is 2.18. The van der Waals surface area contributed by atoms with Crippen molar-refractivity contribution in [3.8, 4) is 11.5 Å². The second-order valence-electron chi connectivity index (χ2n) is 3.23. The number of halogens is 1. The summed E-state index contributed by atoms with van der Waals surface area (Å²) in [7, 11) is 0. The molecule has 0 atom stereocenters. The van der Waals surface area contributed by atoms with Crippen LogP contribution in [0.3, 0.4) is 0 Å². The molecule has 0 fully saturated rings. The van der Waals surface area contributed by atoms with Crippen molar-refractivity contribution in [3.05, 3.63) is 54.7 Å². The van der Waals surface area contributed by atoms with Gasteiger partial charge in [0.05, 0.1) is 12.0 Å². The first kappa shape index (κ1) is 9.65. The molecule has 0 bridgehead atoms. The molecule has 0 aliphatic carbocycles. The highest BCUT2D eigenvalue weighted by molar-refractivity contribution is 5.53. The first-order valence-corrected chi connectivity index (χ1v) is 4.58. The van der Waals surface area contributed by atoms with Crippen LogP contribution in [0.15, 0.2) is 53.5 Å². The van der Waals surface area contributed by atoms with Gasteiger partial charge in [0.15, 0.2) is 0 Å². The largest absolute Gasteiger partial charge is 0.445 e. The Bertz CT molecular complexity index is 445. The Morgan fingerprint density at radius 1 is 1.33 bits per heavy atom. The number of rotatable bonds is 3. The van der Waals surface area contributed by atoms with Gasteiger partial charge in [0.1, 0.15) is 6.26 Å². The van der Waals surface area contributed by atoms with Crippen LogP contribution < -0.4 is 0 Å². The number of allylic oxidation sites excluding steroid dienone is 1. The predicted molar refractivity (Wildman–Crippen MR) is 55.9 cm³/mol. The maximum absolute atomic E-state index is 12.5. The van der Waals surface area contributed by atoms with Gasteiger partial charge in [-0.15, -0.1) is 0 Å². The molecule has 2 rings (SSSR count). The third-order valence-corrected chi connectivity index (χ3v) is 2.03. The molecule has 0 radical (unpaired) electrons. The summed E-state index contributed by atoms with van der Waals surface area (Å²) in [4.78, 5) is 4.02. The van der Waals surface area contributed by atoms with Crippen molar-refractivity contribution in [1.29, 1.82) is 0 Å². The van der Waals surface area contributed by atoms with Crippen molar-refractivity contribution in [3.63, 3.8) is 0 Å². The van der Waals surface area contributed by atoms with Gasteiger partial charge in [0.25, 0.3) is 0 Å². The zero-order valence-corrected chi connectivity index (χ0v) is 8.11. The molecule has 1 aromatic heterocycles. The van der Waals surface area contributed by atoms with Crippen molar-refractivity contribution in [2.24, 2.45) is 0 Å². The maximum Gasteiger partial charge on any atom is 0.225 e. The van der Waals surface area contributed by atoms with Crippen molar-refractivity contribution < 1.29 is 8.81 Å². The minimum Gasteiger partial charge on any atom is -0.445 e. The lowest BCUT2D eigenvalue weighted by Gasteiger charge is -1.99. The molecule has 3 heteroatoms. The average molecular weight is 203 g/mol. The summed E-state index contributed by atoms with van der Waals surface area (Å²) in [6.07, 6.45) is 3.37. The van der Waals surface area contributed by atoms with E-state index in [2.05, 4.69) is 11.6 Å². The molecule has 0 aliphatic heterocycles. The van der Waals surface area contributed by atoms with E-state index in [0.29, 0.717) is 5.89 Å². The molecule has 0 amide bonds. The Labute approximate surface area is 87.1 Å². The Morgan fingerprint density at radius 2 is 2.07 bits per heavy atom. The molecule has 0 spiro atoms. The van der Waals surface area contributed by atoms with E-state index in [1.54, 1.807) is 6.20 Å². The summed E-state index contributed by atoms with van der Waals surface area (Å²) < 4.78 is 17.7. The third kappa shape index (κ3) is 2.31. The van der Waals surface area contributed by atoms with Crippen LogP contribution in [0.25, 0.3) is 11.5 Å². The fourth-order valence-electron chi connectivity index (χ4n) is 1.35. The lowest BCUT2D eigenvalue weighted by molar-refractivity contribution is 0.574. The topological polar surface area (TPSA) is 26.0 Å². The number of hydrogen-bond acceptors (Lipinski definition) is 2. The molecule has 1 aromatic carbocycles. The first-order valence-electron chi connectivity index (χ1n) is 4.58. The number of aromatic nitrogens is 1. The summed E-state index contributed by atoms with van der Waals surface area (Å²) in [5.41, 5.74) is 1.77. The number of benzene rings is 1. The Kier molecular flexibility index (Phi) is 2.63. The van der Waals surface area contributed by atoms with Crippen molar-refractivity contribution in [2.75, 3.05) is 0 Å². The summed E-state index contributed by atoms with van der Waals surface area (Å²) in [6.45, 7) is 3.23. The number of oxazole rings is 1. The standard InChI is InChI=1S/C12H10FNO/c1-9(13)8-10-2-4-11(5-3-10)12-14-6-7-15-12/h2-7H,1,8H2. The van der Waals surface area contributed by atoms with Crippen LogP contribution in [0, 0.1) is 0 Å². The SMILES string of the molecule is C=C(F)Cc1ccc(-c2ncco2)cc1. The smallest absolute Gasteiger partial charge is 0.225 e. The van der Waals surface area contributed by atoms with Crippen molar-refractivity contribution in [1.82, 2.24) is 4.98 Å². The minimum atomic E-state index is -0.334. The van der Waals surface area contributed by atoms with Gasteiger partial charge in [0.2, 0.25) is 5.89 Å². The minimum absolute atomic E-state index is 0.256. The third-order valence-electron chi connectivity index (χ3n) is 2.03. The molecule has 76 valence electrons. The molecule has 2 aromatic rings. The van der Waals surface area contributed by atoms with Gasteiger partial charge in [-0.05, 0) is 17.7 Å². The van der Waals surface area contributed by atoms with Crippen LogP contribution in [-0.4, -0.2) is 4.98 Å².